The third kappa shape index (κ3) is 3.86. The zero-order chi connectivity index (χ0) is 22.1. The van der Waals surface area contributed by atoms with Crippen LogP contribution < -0.4 is 0 Å². The second kappa shape index (κ2) is 8.60. The number of unbranched alkanes of at least 4 members (excludes halogenated alkanes) is 1. The monoisotopic (exact) mass is 437 g/mol. The van der Waals surface area contributed by atoms with E-state index in [0.29, 0.717) is 22.5 Å². The molecule has 31 heavy (non-hydrogen) atoms. The predicted molar refractivity (Wildman–Crippen MR) is 120 cm³/mol. The number of halogens is 1. The summed E-state index contributed by atoms with van der Waals surface area (Å²) >= 11 is 6.05. The predicted octanol–water partition coefficient (Wildman–Crippen LogP) is 6.03. The molecule has 1 N–H and O–H groups in total. The first-order chi connectivity index (χ1) is 14.9. The van der Waals surface area contributed by atoms with Crippen LogP contribution in [0.1, 0.15) is 54.4 Å². The average Bonchev–Trinajstić information content (AvgIpc) is 3.30. The summed E-state index contributed by atoms with van der Waals surface area (Å²) in [4.78, 5) is 27.9. The normalized spacial score (nSPS) is 16.5. The molecular formula is C25H24ClNO4. The number of rotatable bonds is 7. The van der Waals surface area contributed by atoms with E-state index < -0.39 is 23.5 Å². The fraction of sp³-hybridized carbons (Fsp3) is 0.280. The number of aryl methyl sites for hydroxylation is 1. The largest absolute Gasteiger partial charge is 0.503 e. The van der Waals surface area contributed by atoms with Crippen molar-refractivity contribution < 1.29 is 19.1 Å². The van der Waals surface area contributed by atoms with Gasteiger partial charge in [0.25, 0.3) is 5.91 Å². The summed E-state index contributed by atoms with van der Waals surface area (Å²) in [5.41, 5.74) is 2.51. The summed E-state index contributed by atoms with van der Waals surface area (Å²) in [7, 11) is 0. The molecule has 160 valence electrons. The van der Waals surface area contributed by atoms with Crippen LogP contribution in [0.15, 0.2) is 64.3 Å². The topological polar surface area (TPSA) is 70.8 Å². The third-order valence-electron chi connectivity index (χ3n) is 5.71. The Bertz CT molecular complexity index is 1180. The van der Waals surface area contributed by atoms with Crippen LogP contribution in [0.4, 0.5) is 0 Å². The second-order valence-electron chi connectivity index (χ2n) is 7.73. The number of aliphatic hydroxyl groups excluding tert-OH is 1. The van der Waals surface area contributed by atoms with E-state index in [1.54, 1.807) is 29.2 Å². The van der Waals surface area contributed by atoms with Crippen LogP contribution in [0.25, 0.3) is 11.0 Å². The first-order valence-corrected chi connectivity index (χ1v) is 10.9. The minimum Gasteiger partial charge on any atom is -0.503 e. The third-order valence-corrected chi connectivity index (χ3v) is 5.94. The molecule has 1 aromatic heterocycles. The van der Waals surface area contributed by atoms with Crippen LogP contribution >= 0.6 is 11.6 Å². The number of fused-ring (bicyclic) bond motifs is 1. The lowest BCUT2D eigenvalue weighted by molar-refractivity contribution is -0.129. The Hall–Kier alpha value is -3.05. The van der Waals surface area contributed by atoms with Gasteiger partial charge in [-0.15, -0.1) is 0 Å². The molecule has 6 heteroatoms. The van der Waals surface area contributed by atoms with E-state index in [9.17, 15) is 14.7 Å². The molecule has 2 heterocycles. The zero-order valence-electron chi connectivity index (χ0n) is 17.5. The average molecular weight is 438 g/mol. The fourth-order valence-electron chi connectivity index (χ4n) is 3.99. The van der Waals surface area contributed by atoms with E-state index in [1.165, 1.54) is 0 Å². The Kier molecular flexibility index (Phi) is 5.88. The maximum atomic E-state index is 13.5. The summed E-state index contributed by atoms with van der Waals surface area (Å²) in [5.74, 6) is -1.47. The van der Waals surface area contributed by atoms with Gasteiger partial charge >= 0.3 is 0 Å². The first kappa shape index (κ1) is 21.2. The maximum Gasteiger partial charge on any atom is 0.290 e. The van der Waals surface area contributed by atoms with Gasteiger partial charge in [-0.2, -0.15) is 0 Å². The molecule has 3 aromatic rings. The van der Waals surface area contributed by atoms with Crippen molar-refractivity contribution in [2.24, 2.45) is 0 Å². The molecule has 1 unspecified atom stereocenters. The Morgan fingerprint density at radius 1 is 1.13 bits per heavy atom. The van der Waals surface area contributed by atoms with Crippen molar-refractivity contribution in [2.45, 2.75) is 39.2 Å². The molecule has 2 aromatic carbocycles. The number of Topliss-reactive ketones (excluding diaryl/α,β-unsaturated/α-hetero) is 1. The lowest BCUT2D eigenvalue weighted by Crippen LogP contribution is -2.32. The number of ketones is 1. The van der Waals surface area contributed by atoms with Gasteiger partial charge in [-0.25, -0.2) is 0 Å². The summed E-state index contributed by atoms with van der Waals surface area (Å²) < 4.78 is 5.73. The van der Waals surface area contributed by atoms with E-state index in [-0.39, 0.29) is 11.3 Å². The van der Waals surface area contributed by atoms with E-state index in [4.69, 9.17) is 16.0 Å². The number of carbonyl (C=O) groups is 2. The lowest BCUT2D eigenvalue weighted by atomic mass is 9.94. The van der Waals surface area contributed by atoms with Crippen LogP contribution in [-0.4, -0.2) is 28.2 Å². The number of amides is 1. The minimum absolute atomic E-state index is 0.0514. The van der Waals surface area contributed by atoms with Crippen molar-refractivity contribution in [1.29, 1.82) is 0 Å². The molecule has 0 saturated heterocycles. The van der Waals surface area contributed by atoms with Gasteiger partial charge in [-0.05, 0) is 48.2 Å². The van der Waals surface area contributed by atoms with Crippen molar-refractivity contribution >= 4 is 34.3 Å². The van der Waals surface area contributed by atoms with Gasteiger partial charge in [-0.3, -0.25) is 9.59 Å². The summed E-state index contributed by atoms with van der Waals surface area (Å²) in [6.07, 6.45) is 2.55. The highest BCUT2D eigenvalue weighted by atomic mass is 35.5. The molecule has 0 fully saturated rings. The van der Waals surface area contributed by atoms with Gasteiger partial charge in [0, 0.05) is 17.0 Å². The zero-order valence-corrected chi connectivity index (χ0v) is 18.3. The molecule has 1 aliphatic heterocycles. The van der Waals surface area contributed by atoms with Gasteiger partial charge in [0.2, 0.25) is 5.78 Å². The van der Waals surface area contributed by atoms with Crippen molar-refractivity contribution in [3.63, 3.8) is 0 Å². The van der Waals surface area contributed by atoms with Gasteiger partial charge in [0.15, 0.2) is 11.5 Å². The quantitative estimate of drug-likeness (QED) is 0.458. The molecule has 1 aliphatic rings. The van der Waals surface area contributed by atoms with Crippen molar-refractivity contribution in [3.05, 3.63) is 81.8 Å². The van der Waals surface area contributed by atoms with Crippen LogP contribution in [0.5, 0.6) is 0 Å². The molecule has 1 atom stereocenters. The molecule has 1 amide bonds. The standard InChI is InChI=1S/C25H24ClNO4/c1-3-5-12-27-22(16-8-6-15(4-2)7-9-16)21(24(29)25(27)30)23(28)20-14-17-13-18(26)10-11-19(17)31-20/h6-11,13-14,22,29H,3-5,12H2,1-2H3. The Labute approximate surface area is 185 Å². The number of aliphatic hydroxyl groups is 1. The summed E-state index contributed by atoms with van der Waals surface area (Å²) in [5, 5.41) is 11.9. The molecule has 0 spiro atoms. The maximum absolute atomic E-state index is 13.5. The second-order valence-corrected chi connectivity index (χ2v) is 8.17. The van der Waals surface area contributed by atoms with Gasteiger partial charge in [0.05, 0.1) is 11.6 Å². The number of nitrogens with zero attached hydrogens (tertiary/aromatic N) is 1. The highest BCUT2D eigenvalue weighted by Crippen LogP contribution is 2.40. The highest BCUT2D eigenvalue weighted by Gasteiger charge is 2.44. The number of benzene rings is 2. The first-order valence-electron chi connectivity index (χ1n) is 10.5. The van der Waals surface area contributed by atoms with E-state index in [2.05, 4.69) is 6.92 Å². The lowest BCUT2D eigenvalue weighted by Gasteiger charge is -2.26. The van der Waals surface area contributed by atoms with Gasteiger partial charge in [0.1, 0.15) is 5.58 Å². The Morgan fingerprint density at radius 2 is 1.87 bits per heavy atom. The Morgan fingerprint density at radius 3 is 2.55 bits per heavy atom. The molecule has 0 saturated carbocycles. The van der Waals surface area contributed by atoms with Crippen molar-refractivity contribution in [3.8, 4) is 0 Å². The number of furan rings is 1. The number of hydrogen-bond acceptors (Lipinski definition) is 4. The SMILES string of the molecule is CCCCN1C(=O)C(O)=C(C(=O)c2cc3cc(Cl)ccc3o2)C1c1ccc(CC)cc1. The van der Waals surface area contributed by atoms with Crippen LogP contribution in [0, 0.1) is 0 Å². The molecular weight excluding hydrogens is 414 g/mol. The van der Waals surface area contributed by atoms with Gasteiger partial charge in [-0.1, -0.05) is 56.1 Å². The van der Waals surface area contributed by atoms with E-state index in [1.807, 2.05) is 31.2 Å². The van der Waals surface area contributed by atoms with Gasteiger partial charge < -0.3 is 14.4 Å². The van der Waals surface area contributed by atoms with E-state index in [0.717, 1.165) is 30.4 Å². The van der Waals surface area contributed by atoms with Crippen molar-refractivity contribution in [1.82, 2.24) is 4.90 Å². The number of hydrogen-bond donors (Lipinski definition) is 1. The summed E-state index contributed by atoms with van der Waals surface area (Å²) in [6.45, 7) is 4.55. The van der Waals surface area contributed by atoms with Crippen LogP contribution in [0.2, 0.25) is 5.02 Å². The van der Waals surface area contributed by atoms with Crippen LogP contribution in [0.3, 0.4) is 0 Å². The molecule has 5 nitrogen and oxygen atoms in total. The van der Waals surface area contributed by atoms with Crippen LogP contribution in [-0.2, 0) is 11.2 Å². The minimum atomic E-state index is -0.658. The van der Waals surface area contributed by atoms with E-state index >= 15 is 0 Å². The summed E-state index contributed by atoms with van der Waals surface area (Å²) in [6, 6.07) is 13.8. The molecule has 0 radical (unpaired) electrons. The Balaban J connectivity index is 1.78. The smallest absolute Gasteiger partial charge is 0.290 e. The molecule has 4 rings (SSSR count). The van der Waals surface area contributed by atoms with Crippen molar-refractivity contribution in [2.75, 3.05) is 6.54 Å². The fourth-order valence-corrected chi connectivity index (χ4v) is 4.17. The molecule has 0 bridgehead atoms. The highest BCUT2D eigenvalue weighted by molar-refractivity contribution is 6.31. The number of carbonyl (C=O) groups excluding carboxylic acids is 2. The molecule has 0 aliphatic carbocycles.